The number of ether oxygens (including phenoxy) is 2. The van der Waals surface area contributed by atoms with E-state index in [0.29, 0.717) is 31.7 Å². The second-order valence-electron chi connectivity index (χ2n) is 14.6. The lowest BCUT2D eigenvalue weighted by atomic mass is 9.68. The number of allylic oxidation sites excluding steroid dienone is 2. The van der Waals surface area contributed by atoms with E-state index in [1.165, 1.54) is 30.6 Å². The van der Waals surface area contributed by atoms with Gasteiger partial charge in [0.1, 0.15) is 5.75 Å². The molecule has 11 heteroatoms. The zero-order valence-electron chi connectivity index (χ0n) is 28.6. The number of rotatable bonds is 8. The minimum absolute atomic E-state index is 0.0270. The maximum Gasteiger partial charge on any atom is 0.337 e. The summed E-state index contributed by atoms with van der Waals surface area (Å²) in [6.07, 6.45) is 13.4. The van der Waals surface area contributed by atoms with Crippen LogP contribution in [0.5, 0.6) is 5.75 Å². The number of esters is 1. The van der Waals surface area contributed by atoms with Crippen LogP contribution in [0.1, 0.15) is 73.4 Å². The number of anilines is 1. The van der Waals surface area contributed by atoms with Gasteiger partial charge in [0.25, 0.3) is 0 Å². The van der Waals surface area contributed by atoms with Crippen LogP contribution in [0.2, 0.25) is 5.02 Å². The molecule has 2 heterocycles. The molecule has 1 aromatic heterocycles. The topological polar surface area (TPSA) is 116 Å². The van der Waals surface area contributed by atoms with Crippen LogP contribution in [0.4, 0.5) is 5.69 Å². The number of hydrogen-bond donors (Lipinski definition) is 0. The van der Waals surface area contributed by atoms with Crippen LogP contribution >= 0.6 is 11.6 Å². The summed E-state index contributed by atoms with van der Waals surface area (Å²) in [5.74, 6) is 0.196. The number of methoxy groups -OCH3 is 1. The maximum atomic E-state index is 13.8. The third-order valence-corrected chi connectivity index (χ3v) is 14.1. The maximum absolute atomic E-state index is 13.8. The molecule has 2 fully saturated rings. The molecule has 0 amide bonds. The molecule has 0 N–H and O–H groups in total. The molecule has 7 rings (SSSR count). The Morgan fingerprint density at radius 3 is 2.66 bits per heavy atom. The number of benzene rings is 2. The number of carbonyl (C=O) groups is 2. The van der Waals surface area contributed by atoms with E-state index in [9.17, 15) is 18.0 Å². The van der Waals surface area contributed by atoms with Gasteiger partial charge < -0.3 is 14.4 Å². The van der Waals surface area contributed by atoms with Crippen molar-refractivity contribution in [1.82, 2.24) is 9.97 Å². The predicted octanol–water partition coefficient (Wildman–Crippen LogP) is 6.82. The fourth-order valence-corrected chi connectivity index (χ4v) is 10.9. The SMILES string of the molecule is COC(=O)c1ccc2c(c1)N(C[C@@H]1CC[C@H]1C(=O)/C=C/[C@@H]1CCC[C@@H](S(=O)(=O)c3ncccn3)[C@H]1C)CC1(CCCc3cc(Cl)ccc31)CO2. The van der Waals surface area contributed by atoms with E-state index >= 15 is 0 Å². The number of aryl methyl sites for hydroxylation is 1. The molecule has 6 atom stereocenters. The first-order valence-electron chi connectivity index (χ1n) is 17.7. The van der Waals surface area contributed by atoms with Crippen molar-refractivity contribution in [1.29, 1.82) is 0 Å². The number of nitrogens with zero attached hydrogens (tertiary/aromatic N) is 3. The largest absolute Gasteiger partial charge is 0.490 e. The lowest BCUT2D eigenvalue weighted by Crippen LogP contribution is -2.49. The van der Waals surface area contributed by atoms with Crippen molar-refractivity contribution in [2.45, 2.75) is 74.1 Å². The Balaban J connectivity index is 1.11. The Kier molecular flexibility index (Phi) is 9.78. The summed E-state index contributed by atoms with van der Waals surface area (Å²) in [4.78, 5) is 36.8. The molecule has 2 saturated carbocycles. The second-order valence-corrected chi connectivity index (χ2v) is 17.0. The molecule has 1 unspecified atom stereocenters. The average molecular weight is 718 g/mol. The normalized spacial score (nSPS) is 27.8. The number of ketones is 1. The van der Waals surface area contributed by atoms with Crippen molar-refractivity contribution in [2.75, 3.05) is 31.7 Å². The highest BCUT2D eigenvalue weighted by Crippen LogP contribution is 2.46. The van der Waals surface area contributed by atoms with E-state index in [4.69, 9.17) is 21.1 Å². The second kappa shape index (κ2) is 14.1. The molecule has 0 bridgehead atoms. The van der Waals surface area contributed by atoms with Crippen LogP contribution in [0.15, 0.2) is 72.2 Å². The Bertz CT molecular complexity index is 1900. The van der Waals surface area contributed by atoms with Crippen molar-refractivity contribution >= 4 is 38.9 Å². The Hall–Kier alpha value is -3.76. The first kappa shape index (κ1) is 34.7. The van der Waals surface area contributed by atoms with Crippen LogP contribution in [-0.4, -0.2) is 62.2 Å². The van der Waals surface area contributed by atoms with Crippen LogP contribution < -0.4 is 9.64 Å². The third-order valence-electron chi connectivity index (χ3n) is 11.7. The molecule has 3 aliphatic carbocycles. The average Bonchev–Trinajstić information content (AvgIpc) is 3.26. The lowest BCUT2D eigenvalue weighted by Gasteiger charge is -2.44. The van der Waals surface area contributed by atoms with Gasteiger partial charge in [0, 0.05) is 41.8 Å². The van der Waals surface area contributed by atoms with Gasteiger partial charge in [-0.25, -0.2) is 23.2 Å². The van der Waals surface area contributed by atoms with E-state index in [0.717, 1.165) is 61.4 Å². The highest BCUT2D eigenvalue weighted by atomic mass is 35.5. The van der Waals surface area contributed by atoms with Gasteiger partial charge in [0.2, 0.25) is 15.0 Å². The van der Waals surface area contributed by atoms with Crippen LogP contribution in [0, 0.1) is 23.7 Å². The minimum atomic E-state index is -3.68. The highest BCUT2D eigenvalue weighted by molar-refractivity contribution is 7.91. The summed E-state index contributed by atoms with van der Waals surface area (Å²) in [6, 6.07) is 13.2. The van der Waals surface area contributed by atoms with Gasteiger partial charge in [-0.1, -0.05) is 37.1 Å². The number of carbonyl (C=O) groups excluding carboxylic acids is 2. The third kappa shape index (κ3) is 6.57. The molecular formula is C39H44ClN3O6S. The summed E-state index contributed by atoms with van der Waals surface area (Å²) in [7, 11) is -2.30. The van der Waals surface area contributed by atoms with Gasteiger partial charge >= 0.3 is 5.97 Å². The monoisotopic (exact) mass is 717 g/mol. The van der Waals surface area contributed by atoms with E-state index in [1.54, 1.807) is 18.2 Å². The number of sulfone groups is 1. The van der Waals surface area contributed by atoms with Gasteiger partial charge in [0.15, 0.2) is 5.78 Å². The number of hydrogen-bond acceptors (Lipinski definition) is 9. The first-order chi connectivity index (χ1) is 24.1. The van der Waals surface area contributed by atoms with Crippen molar-refractivity contribution in [3.05, 3.63) is 88.7 Å². The van der Waals surface area contributed by atoms with Crippen LogP contribution in [0.25, 0.3) is 0 Å². The van der Waals surface area contributed by atoms with E-state index in [1.807, 2.05) is 31.2 Å². The van der Waals surface area contributed by atoms with Gasteiger partial charge in [-0.3, -0.25) is 4.79 Å². The number of halogens is 1. The summed E-state index contributed by atoms with van der Waals surface area (Å²) in [5, 5.41) is 0.0109. The van der Waals surface area contributed by atoms with Crippen molar-refractivity contribution < 1.29 is 27.5 Å². The molecule has 3 aromatic rings. The quantitative estimate of drug-likeness (QED) is 0.141. The lowest BCUT2D eigenvalue weighted by molar-refractivity contribution is -0.122. The fourth-order valence-electron chi connectivity index (χ4n) is 8.78. The molecule has 9 nitrogen and oxygen atoms in total. The van der Waals surface area contributed by atoms with Gasteiger partial charge in [0.05, 0.1) is 30.2 Å². The number of fused-ring (bicyclic) bond motifs is 3. The Morgan fingerprint density at radius 1 is 1.08 bits per heavy atom. The van der Waals surface area contributed by atoms with E-state index < -0.39 is 21.1 Å². The zero-order valence-corrected chi connectivity index (χ0v) is 30.2. The van der Waals surface area contributed by atoms with Gasteiger partial charge in [-0.2, -0.15) is 0 Å². The molecular weight excluding hydrogens is 674 g/mol. The van der Waals surface area contributed by atoms with Crippen LogP contribution in [-0.2, 0) is 31.2 Å². The summed E-state index contributed by atoms with van der Waals surface area (Å²) in [5.41, 5.74) is 3.52. The van der Waals surface area contributed by atoms with Gasteiger partial charge in [-0.15, -0.1) is 0 Å². The molecule has 1 aliphatic heterocycles. The van der Waals surface area contributed by atoms with Crippen molar-refractivity contribution in [3.63, 3.8) is 0 Å². The molecule has 0 radical (unpaired) electrons. The highest BCUT2D eigenvalue weighted by Gasteiger charge is 2.45. The standard InChI is InChI=1S/C39H44ClN3O6S/c1-25-26(6-3-8-36(25)50(46,47)38-41-18-5-19-42-38)10-15-34(44)31-13-9-29(31)22-43-23-39(17-4-7-27-20-30(40)12-14-32(27)39)24-49-35-16-11-28(21-33(35)43)37(45)48-2/h5,10-12,14-16,18-21,25-26,29,31,36H,3-4,6-9,13,17,22-24H2,1-2H3/b15-10+/t25-,26-,29-,31+,36+,39?/m0/s1. The Morgan fingerprint density at radius 2 is 1.90 bits per heavy atom. The molecule has 2 aromatic carbocycles. The summed E-state index contributed by atoms with van der Waals surface area (Å²) < 4.78 is 38.4. The molecule has 264 valence electrons. The van der Waals surface area contributed by atoms with E-state index in [-0.39, 0.29) is 40.0 Å². The van der Waals surface area contributed by atoms with Crippen LogP contribution in [0.3, 0.4) is 0 Å². The molecule has 0 saturated heterocycles. The zero-order chi connectivity index (χ0) is 35.0. The molecule has 1 spiro atoms. The fraction of sp³-hybridized carbons (Fsp3) is 0.487. The summed E-state index contributed by atoms with van der Waals surface area (Å²) >= 11 is 6.42. The molecule has 4 aliphatic rings. The van der Waals surface area contributed by atoms with Crippen molar-refractivity contribution in [3.8, 4) is 5.75 Å². The predicted molar refractivity (Wildman–Crippen MR) is 191 cm³/mol. The Labute approximate surface area is 299 Å². The smallest absolute Gasteiger partial charge is 0.337 e. The van der Waals surface area contributed by atoms with Crippen molar-refractivity contribution in [2.24, 2.45) is 23.7 Å². The van der Waals surface area contributed by atoms with E-state index in [2.05, 4.69) is 27.0 Å². The number of aromatic nitrogens is 2. The summed E-state index contributed by atoms with van der Waals surface area (Å²) in [6.45, 7) is 3.80. The minimum Gasteiger partial charge on any atom is -0.490 e. The van der Waals surface area contributed by atoms with Gasteiger partial charge in [-0.05, 0) is 116 Å². The first-order valence-corrected chi connectivity index (χ1v) is 19.6. The molecule has 50 heavy (non-hydrogen) atoms.